The number of carbonyl (C=O) groups excluding carboxylic acids is 1. The maximum absolute atomic E-state index is 12.1. The number of pyridine rings is 1. The summed E-state index contributed by atoms with van der Waals surface area (Å²) in [5.41, 5.74) is 1.24. The first-order valence-electron chi connectivity index (χ1n) is 6.96. The molecule has 0 spiro atoms. The molecule has 1 aromatic rings. The highest BCUT2D eigenvalue weighted by Gasteiger charge is 2.25. The maximum Gasteiger partial charge on any atom is 0.326 e. The lowest BCUT2D eigenvalue weighted by Gasteiger charge is -2.21. The van der Waals surface area contributed by atoms with E-state index in [9.17, 15) is 19.5 Å². The van der Waals surface area contributed by atoms with Gasteiger partial charge < -0.3 is 15.0 Å². The van der Waals surface area contributed by atoms with Gasteiger partial charge in [0.2, 0.25) is 5.91 Å². The fourth-order valence-electron chi connectivity index (χ4n) is 2.18. The summed E-state index contributed by atoms with van der Waals surface area (Å²) in [7, 11) is 0. The summed E-state index contributed by atoms with van der Waals surface area (Å²) in [5.74, 6) is -1.56. The number of carboxylic acids is 1. The van der Waals surface area contributed by atoms with Crippen molar-refractivity contribution in [3.8, 4) is 0 Å². The van der Waals surface area contributed by atoms with Crippen LogP contribution in [-0.4, -0.2) is 27.6 Å². The van der Waals surface area contributed by atoms with Crippen molar-refractivity contribution in [3.63, 3.8) is 0 Å². The number of aromatic nitrogens is 1. The third kappa shape index (κ3) is 4.44. The quantitative estimate of drug-likeness (QED) is 0.821. The molecule has 1 amide bonds. The Morgan fingerprint density at radius 1 is 1.29 bits per heavy atom. The van der Waals surface area contributed by atoms with Crippen molar-refractivity contribution in [3.05, 3.63) is 33.7 Å². The SMILES string of the molecule is CCC(C)C(NC(=O)Cn1c(C)cc(=O)cc1C)C(=O)O. The number of nitrogens with one attached hydrogen (secondary N) is 1. The van der Waals surface area contributed by atoms with E-state index in [4.69, 9.17) is 0 Å². The predicted molar refractivity (Wildman–Crippen MR) is 79.2 cm³/mol. The number of aryl methyl sites for hydroxylation is 2. The van der Waals surface area contributed by atoms with Gasteiger partial charge in [-0.15, -0.1) is 0 Å². The summed E-state index contributed by atoms with van der Waals surface area (Å²) >= 11 is 0. The molecule has 1 rings (SSSR count). The number of aliphatic carboxylic acids is 1. The van der Waals surface area contributed by atoms with Crippen molar-refractivity contribution in [1.82, 2.24) is 9.88 Å². The molecule has 0 aromatic carbocycles. The fourth-order valence-corrected chi connectivity index (χ4v) is 2.18. The van der Waals surface area contributed by atoms with Gasteiger partial charge in [-0.3, -0.25) is 9.59 Å². The second kappa shape index (κ2) is 7.06. The van der Waals surface area contributed by atoms with Crippen LogP contribution in [0.5, 0.6) is 0 Å². The number of carbonyl (C=O) groups is 2. The van der Waals surface area contributed by atoms with E-state index in [0.29, 0.717) is 17.8 Å². The van der Waals surface area contributed by atoms with E-state index in [1.807, 2.05) is 6.92 Å². The molecule has 0 aliphatic rings. The van der Waals surface area contributed by atoms with E-state index in [1.54, 1.807) is 25.3 Å². The molecule has 21 heavy (non-hydrogen) atoms. The molecule has 0 bridgehead atoms. The van der Waals surface area contributed by atoms with Gasteiger partial charge in [-0.25, -0.2) is 4.79 Å². The number of carboxylic acid groups (broad SMARTS) is 1. The molecular formula is C15H22N2O4. The standard InChI is InChI=1S/C15H22N2O4/c1-5-9(2)14(15(20)21)16-13(19)8-17-10(3)6-12(18)7-11(17)4/h6-7,9,14H,5,8H2,1-4H3,(H,16,19)(H,20,21). The van der Waals surface area contributed by atoms with E-state index in [0.717, 1.165) is 0 Å². The Morgan fingerprint density at radius 2 is 1.81 bits per heavy atom. The van der Waals surface area contributed by atoms with Gasteiger partial charge in [-0.05, 0) is 19.8 Å². The lowest BCUT2D eigenvalue weighted by atomic mass is 9.99. The highest BCUT2D eigenvalue weighted by Crippen LogP contribution is 2.08. The molecule has 0 aliphatic carbocycles. The minimum atomic E-state index is -1.04. The highest BCUT2D eigenvalue weighted by atomic mass is 16.4. The molecule has 1 aromatic heterocycles. The average molecular weight is 294 g/mol. The van der Waals surface area contributed by atoms with Crippen molar-refractivity contribution in [2.24, 2.45) is 5.92 Å². The Labute approximate surface area is 123 Å². The second-order valence-corrected chi connectivity index (χ2v) is 5.33. The van der Waals surface area contributed by atoms with Crippen LogP contribution in [-0.2, 0) is 16.1 Å². The van der Waals surface area contributed by atoms with Crippen LogP contribution in [0, 0.1) is 19.8 Å². The van der Waals surface area contributed by atoms with Crippen LogP contribution in [0.4, 0.5) is 0 Å². The Kier molecular flexibility index (Phi) is 5.69. The van der Waals surface area contributed by atoms with E-state index < -0.39 is 12.0 Å². The van der Waals surface area contributed by atoms with Gasteiger partial charge in [0.25, 0.3) is 0 Å². The van der Waals surface area contributed by atoms with Crippen molar-refractivity contribution in [2.45, 2.75) is 46.7 Å². The number of hydrogen-bond acceptors (Lipinski definition) is 3. The summed E-state index contributed by atoms with van der Waals surface area (Å²) < 4.78 is 1.69. The molecule has 0 fully saturated rings. The van der Waals surface area contributed by atoms with Gasteiger partial charge >= 0.3 is 5.97 Å². The molecule has 2 N–H and O–H groups in total. The number of nitrogens with zero attached hydrogens (tertiary/aromatic N) is 1. The van der Waals surface area contributed by atoms with E-state index in [1.165, 1.54) is 12.1 Å². The molecule has 1 heterocycles. The van der Waals surface area contributed by atoms with Crippen molar-refractivity contribution >= 4 is 11.9 Å². The third-order valence-corrected chi connectivity index (χ3v) is 3.65. The molecule has 2 atom stereocenters. The molecule has 0 saturated carbocycles. The Balaban J connectivity index is 2.87. The number of rotatable bonds is 6. The maximum atomic E-state index is 12.1. The smallest absolute Gasteiger partial charge is 0.326 e. The minimum Gasteiger partial charge on any atom is -0.480 e. The zero-order valence-electron chi connectivity index (χ0n) is 12.8. The average Bonchev–Trinajstić information content (AvgIpc) is 2.39. The highest BCUT2D eigenvalue weighted by molar-refractivity contribution is 5.83. The molecule has 116 valence electrons. The Bertz CT molecular complexity index is 566. The summed E-state index contributed by atoms with van der Waals surface area (Å²) in [6.07, 6.45) is 0.660. The third-order valence-electron chi connectivity index (χ3n) is 3.65. The second-order valence-electron chi connectivity index (χ2n) is 5.33. The van der Waals surface area contributed by atoms with Gasteiger partial charge in [0.15, 0.2) is 5.43 Å². The number of hydrogen-bond donors (Lipinski definition) is 2. The molecular weight excluding hydrogens is 272 g/mol. The van der Waals surface area contributed by atoms with Crippen LogP contribution in [0.2, 0.25) is 0 Å². The first kappa shape index (κ1) is 16.9. The first-order chi connectivity index (χ1) is 9.76. The zero-order valence-corrected chi connectivity index (χ0v) is 12.8. The van der Waals surface area contributed by atoms with E-state index in [-0.39, 0.29) is 23.8 Å². The summed E-state index contributed by atoms with van der Waals surface area (Å²) in [4.78, 5) is 34.6. The van der Waals surface area contributed by atoms with Crippen molar-refractivity contribution < 1.29 is 14.7 Å². The Morgan fingerprint density at radius 3 is 2.24 bits per heavy atom. The molecule has 6 nitrogen and oxygen atoms in total. The van der Waals surface area contributed by atoms with Gasteiger partial charge in [-0.1, -0.05) is 20.3 Å². The first-order valence-corrected chi connectivity index (χ1v) is 6.96. The molecule has 6 heteroatoms. The molecule has 0 saturated heterocycles. The van der Waals surface area contributed by atoms with Gasteiger partial charge in [0.05, 0.1) is 0 Å². The minimum absolute atomic E-state index is 0.00182. The Hall–Kier alpha value is -2.11. The van der Waals surface area contributed by atoms with Crippen molar-refractivity contribution in [1.29, 1.82) is 0 Å². The lowest BCUT2D eigenvalue weighted by Crippen LogP contribution is -2.46. The van der Waals surface area contributed by atoms with E-state index >= 15 is 0 Å². The molecule has 0 aliphatic heterocycles. The van der Waals surface area contributed by atoms with Gasteiger partial charge in [0, 0.05) is 23.5 Å². The van der Waals surface area contributed by atoms with Crippen LogP contribution in [0.25, 0.3) is 0 Å². The fraction of sp³-hybridized carbons (Fsp3) is 0.533. The molecule has 2 unspecified atom stereocenters. The van der Waals surface area contributed by atoms with Crippen molar-refractivity contribution in [2.75, 3.05) is 0 Å². The van der Waals surface area contributed by atoms with Crippen LogP contribution in [0.3, 0.4) is 0 Å². The van der Waals surface area contributed by atoms with E-state index in [2.05, 4.69) is 5.32 Å². The van der Waals surface area contributed by atoms with Crippen LogP contribution >= 0.6 is 0 Å². The van der Waals surface area contributed by atoms with Crippen LogP contribution < -0.4 is 10.7 Å². The lowest BCUT2D eigenvalue weighted by molar-refractivity contribution is -0.143. The van der Waals surface area contributed by atoms with Crippen LogP contribution in [0.15, 0.2) is 16.9 Å². The molecule has 0 radical (unpaired) electrons. The zero-order chi connectivity index (χ0) is 16.2. The van der Waals surface area contributed by atoms with Crippen LogP contribution in [0.1, 0.15) is 31.7 Å². The van der Waals surface area contributed by atoms with Gasteiger partial charge in [0.1, 0.15) is 12.6 Å². The normalized spacial score (nSPS) is 13.5. The number of amides is 1. The summed E-state index contributed by atoms with van der Waals surface area (Å²) in [6.45, 7) is 7.14. The monoisotopic (exact) mass is 294 g/mol. The van der Waals surface area contributed by atoms with Gasteiger partial charge in [-0.2, -0.15) is 0 Å². The summed E-state index contributed by atoms with van der Waals surface area (Å²) in [5, 5.41) is 11.7. The largest absolute Gasteiger partial charge is 0.480 e. The predicted octanol–water partition coefficient (Wildman–Crippen LogP) is 1.08. The topological polar surface area (TPSA) is 88.4 Å². The summed E-state index contributed by atoms with van der Waals surface area (Å²) in [6, 6.07) is 2.00.